The minimum atomic E-state index is -0.334. The Labute approximate surface area is 108 Å². The van der Waals surface area contributed by atoms with Gasteiger partial charge < -0.3 is 14.8 Å². The molecule has 0 aliphatic carbocycles. The summed E-state index contributed by atoms with van der Waals surface area (Å²) in [6.45, 7) is 8.06. The summed E-state index contributed by atoms with van der Waals surface area (Å²) in [6.07, 6.45) is 0.574. The van der Waals surface area contributed by atoms with Gasteiger partial charge in [0.25, 0.3) is 0 Å². The summed E-state index contributed by atoms with van der Waals surface area (Å²) in [7, 11) is 2.84. The van der Waals surface area contributed by atoms with Crippen LogP contribution < -0.4 is 5.32 Å². The van der Waals surface area contributed by atoms with Gasteiger partial charge in [-0.25, -0.2) is 5.06 Å². The number of hydrogen-bond donors (Lipinski definition) is 2. The van der Waals surface area contributed by atoms with Gasteiger partial charge in [-0.3, -0.25) is 14.8 Å². The molecule has 0 aromatic rings. The van der Waals surface area contributed by atoms with Crippen LogP contribution in [0.25, 0.3) is 0 Å². The number of amides is 2. The van der Waals surface area contributed by atoms with Crippen molar-refractivity contribution in [1.29, 1.82) is 0 Å². The van der Waals surface area contributed by atoms with E-state index in [0.29, 0.717) is 11.5 Å². The van der Waals surface area contributed by atoms with Gasteiger partial charge in [0.2, 0.25) is 12.3 Å². The van der Waals surface area contributed by atoms with Gasteiger partial charge in [-0.1, -0.05) is 0 Å². The van der Waals surface area contributed by atoms with Crippen LogP contribution in [-0.2, 0) is 19.1 Å². The van der Waals surface area contributed by atoms with E-state index in [1.54, 1.807) is 7.05 Å². The number of hydrogen-bond acceptors (Lipinski definition) is 5. The summed E-state index contributed by atoms with van der Waals surface area (Å²) in [5.41, 5.74) is 0. The summed E-state index contributed by atoms with van der Waals surface area (Å²) >= 11 is 0. The molecule has 7 heteroatoms. The molecule has 1 fully saturated rings. The van der Waals surface area contributed by atoms with Crippen molar-refractivity contribution in [1.82, 2.24) is 10.4 Å². The highest BCUT2D eigenvalue weighted by Gasteiger charge is 2.29. The highest BCUT2D eigenvalue weighted by atomic mass is 16.7. The van der Waals surface area contributed by atoms with Gasteiger partial charge in [0.05, 0.1) is 12.7 Å². The maximum absolute atomic E-state index is 9.70. The fraction of sp³-hybridized carbons (Fsp3) is 0.818. The summed E-state index contributed by atoms with van der Waals surface area (Å²) in [6, 6.07) is 0. The Morgan fingerprint density at radius 3 is 2.00 bits per heavy atom. The highest BCUT2D eigenvalue weighted by molar-refractivity contribution is 5.72. The first-order valence-corrected chi connectivity index (χ1v) is 5.51. The third kappa shape index (κ3) is 14.8. The molecule has 1 heterocycles. The Hall–Kier alpha value is -1.18. The first kappa shape index (κ1) is 19.2. The van der Waals surface area contributed by atoms with Crippen LogP contribution in [0.4, 0.5) is 0 Å². The molecule has 1 aliphatic heterocycles. The minimum Gasteiger partial charge on any atom is -0.359 e. The van der Waals surface area contributed by atoms with E-state index in [-0.39, 0.29) is 17.8 Å². The van der Waals surface area contributed by atoms with Gasteiger partial charge in [0.1, 0.15) is 0 Å². The van der Waals surface area contributed by atoms with Crippen molar-refractivity contribution in [2.75, 3.05) is 20.7 Å². The largest absolute Gasteiger partial charge is 0.359 e. The van der Waals surface area contributed by atoms with Crippen LogP contribution in [0, 0.1) is 0 Å². The van der Waals surface area contributed by atoms with Crippen molar-refractivity contribution in [3.63, 3.8) is 0 Å². The average molecular weight is 264 g/mol. The van der Waals surface area contributed by atoms with Crippen molar-refractivity contribution in [3.8, 4) is 0 Å². The van der Waals surface area contributed by atoms with Gasteiger partial charge >= 0.3 is 0 Å². The van der Waals surface area contributed by atoms with Gasteiger partial charge in [-0.2, -0.15) is 0 Å². The Balaban J connectivity index is 0. The first-order chi connectivity index (χ1) is 8.14. The molecule has 1 rings (SSSR count). The molecule has 1 aliphatic rings. The molecule has 18 heavy (non-hydrogen) atoms. The number of hydroxylamine groups is 2. The molecular weight excluding hydrogens is 240 g/mol. The van der Waals surface area contributed by atoms with Crippen molar-refractivity contribution < 1.29 is 24.3 Å². The topological polar surface area (TPSA) is 88.1 Å². The van der Waals surface area contributed by atoms with Crippen LogP contribution in [0.1, 0.15) is 27.7 Å². The molecule has 108 valence electrons. The molecule has 1 saturated heterocycles. The molecule has 0 saturated carbocycles. The number of ether oxygens (including phenoxy) is 2. The number of nitrogens with one attached hydrogen (secondary N) is 1. The first-order valence-electron chi connectivity index (χ1n) is 5.51. The van der Waals surface area contributed by atoms with E-state index >= 15 is 0 Å². The van der Waals surface area contributed by atoms with Crippen LogP contribution in [0.3, 0.4) is 0 Å². The number of nitrogens with zero attached hydrogens (tertiary/aromatic N) is 1. The fourth-order valence-corrected chi connectivity index (χ4v) is 0.871. The SMILES string of the molecule is CN(O)C=O.CNC(C)=O.C[C@H]1COC(C)(C)O1. The van der Waals surface area contributed by atoms with Crippen LogP contribution in [0.15, 0.2) is 0 Å². The van der Waals surface area contributed by atoms with E-state index in [0.717, 1.165) is 6.61 Å². The van der Waals surface area contributed by atoms with Gasteiger partial charge in [-0.05, 0) is 20.8 Å². The second kappa shape index (κ2) is 9.81. The fourth-order valence-electron chi connectivity index (χ4n) is 0.871. The summed E-state index contributed by atoms with van der Waals surface area (Å²) in [5, 5.41) is 10.7. The maximum Gasteiger partial charge on any atom is 0.232 e. The van der Waals surface area contributed by atoms with Crippen molar-refractivity contribution in [2.45, 2.75) is 39.6 Å². The Morgan fingerprint density at radius 2 is 1.94 bits per heavy atom. The lowest BCUT2D eigenvalue weighted by Crippen LogP contribution is -2.20. The third-order valence-electron chi connectivity index (χ3n) is 1.66. The number of rotatable bonds is 1. The molecule has 0 spiro atoms. The molecule has 1 atom stereocenters. The van der Waals surface area contributed by atoms with E-state index < -0.39 is 0 Å². The molecule has 2 N–H and O–H groups in total. The standard InChI is InChI=1S/C6H12O2.C3H7NO.C2H5NO2/c1-5-4-7-6(2,3)8-5;1-3(5)4-2;1-3(5)2-4/h5H,4H2,1-3H3;1-2H3,(H,4,5);2,5H,1H3/t5-;;/m0../s1. The van der Waals surface area contributed by atoms with E-state index in [1.165, 1.54) is 14.0 Å². The van der Waals surface area contributed by atoms with Gasteiger partial charge in [0, 0.05) is 21.0 Å². The maximum atomic E-state index is 9.70. The zero-order valence-electron chi connectivity index (χ0n) is 11.9. The van der Waals surface area contributed by atoms with Crippen molar-refractivity contribution in [3.05, 3.63) is 0 Å². The van der Waals surface area contributed by atoms with Crippen molar-refractivity contribution in [2.24, 2.45) is 0 Å². The minimum absolute atomic E-state index is 0.00463. The molecule has 2 amide bonds. The third-order valence-corrected chi connectivity index (χ3v) is 1.66. The molecular formula is C11H24N2O5. The summed E-state index contributed by atoms with van der Waals surface area (Å²) < 4.78 is 10.6. The smallest absolute Gasteiger partial charge is 0.232 e. The lowest BCUT2D eigenvalue weighted by atomic mass is 10.4. The quantitative estimate of drug-likeness (QED) is 0.406. The zero-order chi connectivity index (χ0) is 14.8. The number of carbonyl (C=O) groups is 2. The second-order valence-corrected chi connectivity index (χ2v) is 4.12. The van der Waals surface area contributed by atoms with Gasteiger partial charge in [0.15, 0.2) is 5.79 Å². The molecule has 0 aromatic carbocycles. The number of carbonyl (C=O) groups excluding carboxylic acids is 2. The summed E-state index contributed by atoms with van der Waals surface area (Å²) in [4.78, 5) is 18.9. The predicted molar refractivity (Wildman–Crippen MR) is 65.9 cm³/mol. The van der Waals surface area contributed by atoms with Crippen LogP contribution in [0.2, 0.25) is 0 Å². The predicted octanol–water partition coefficient (Wildman–Crippen LogP) is 0.374. The molecule has 0 bridgehead atoms. The van der Waals surface area contributed by atoms with E-state index in [2.05, 4.69) is 5.32 Å². The van der Waals surface area contributed by atoms with E-state index in [9.17, 15) is 9.59 Å². The van der Waals surface area contributed by atoms with Crippen LogP contribution in [0.5, 0.6) is 0 Å². The normalized spacial score (nSPS) is 19.6. The van der Waals surface area contributed by atoms with Crippen LogP contribution >= 0.6 is 0 Å². The van der Waals surface area contributed by atoms with Crippen molar-refractivity contribution >= 4 is 12.3 Å². The van der Waals surface area contributed by atoms with Gasteiger partial charge in [-0.15, -0.1) is 0 Å². The Bertz CT molecular complexity index is 244. The average Bonchev–Trinajstić information content (AvgIpc) is 2.58. The molecule has 0 unspecified atom stereocenters. The second-order valence-electron chi connectivity index (χ2n) is 4.12. The monoisotopic (exact) mass is 264 g/mol. The lowest BCUT2D eigenvalue weighted by molar-refractivity contribution is -0.143. The lowest BCUT2D eigenvalue weighted by Gasteiger charge is -2.15. The Morgan fingerprint density at radius 1 is 1.56 bits per heavy atom. The van der Waals surface area contributed by atoms with E-state index in [4.69, 9.17) is 14.7 Å². The van der Waals surface area contributed by atoms with E-state index in [1.807, 2.05) is 20.8 Å². The zero-order valence-corrected chi connectivity index (χ0v) is 11.9. The molecule has 0 aromatic heterocycles. The van der Waals surface area contributed by atoms with Crippen LogP contribution in [-0.4, -0.2) is 55.2 Å². The highest BCUT2D eigenvalue weighted by Crippen LogP contribution is 2.21. The summed E-state index contributed by atoms with van der Waals surface area (Å²) in [5.74, 6) is -0.329. The molecule has 7 nitrogen and oxygen atoms in total. The Kier molecular flexibility index (Phi) is 10.4. The molecule has 0 radical (unpaired) electrons.